The molecule has 1 amide bonds. The predicted octanol–water partition coefficient (Wildman–Crippen LogP) is 5.31. The second-order valence-corrected chi connectivity index (χ2v) is 7.82. The Hall–Kier alpha value is -4.52. The van der Waals surface area contributed by atoms with Crippen LogP contribution < -0.4 is 5.32 Å². The average Bonchev–Trinajstić information content (AvgIpc) is 3.16. The van der Waals surface area contributed by atoms with E-state index in [1.807, 2.05) is 61.5 Å². The van der Waals surface area contributed by atoms with Gasteiger partial charge in [0.2, 0.25) is 0 Å². The van der Waals surface area contributed by atoms with Crippen LogP contribution in [-0.2, 0) is 4.74 Å². The SMILES string of the molecule is CCOC(=O)c1c(NC(=O)c2ccccc2)n(-c2ccc(C)cc2)c2nc3ccccc3nc12. The van der Waals surface area contributed by atoms with E-state index in [0.29, 0.717) is 27.8 Å². The maximum atomic E-state index is 13.2. The summed E-state index contributed by atoms with van der Waals surface area (Å²) in [5.41, 5.74) is 4.58. The van der Waals surface area contributed by atoms with Crippen LogP contribution in [0.4, 0.5) is 5.82 Å². The van der Waals surface area contributed by atoms with Gasteiger partial charge in [0.25, 0.3) is 5.91 Å². The molecule has 168 valence electrons. The fourth-order valence-electron chi connectivity index (χ4n) is 3.87. The number of aryl methyl sites for hydroxylation is 1. The van der Waals surface area contributed by atoms with E-state index in [0.717, 1.165) is 11.3 Å². The first-order valence-electron chi connectivity index (χ1n) is 11.0. The molecule has 0 aliphatic heterocycles. The zero-order chi connectivity index (χ0) is 23.7. The number of para-hydroxylation sites is 2. The van der Waals surface area contributed by atoms with Crippen molar-refractivity contribution in [3.63, 3.8) is 0 Å². The molecule has 0 aliphatic rings. The zero-order valence-electron chi connectivity index (χ0n) is 18.8. The molecule has 2 aromatic heterocycles. The molecule has 0 atom stereocenters. The van der Waals surface area contributed by atoms with E-state index in [9.17, 15) is 9.59 Å². The van der Waals surface area contributed by atoms with Gasteiger partial charge in [0.15, 0.2) is 5.65 Å². The number of nitrogens with one attached hydrogen (secondary N) is 1. The molecular formula is C27H22N4O3. The Balaban J connectivity index is 1.83. The van der Waals surface area contributed by atoms with Gasteiger partial charge < -0.3 is 10.1 Å². The molecule has 34 heavy (non-hydrogen) atoms. The lowest BCUT2D eigenvalue weighted by Gasteiger charge is -2.13. The van der Waals surface area contributed by atoms with E-state index in [-0.39, 0.29) is 23.9 Å². The van der Waals surface area contributed by atoms with Crippen LogP contribution in [0, 0.1) is 6.92 Å². The third kappa shape index (κ3) is 3.77. The lowest BCUT2D eigenvalue weighted by atomic mass is 10.2. The second-order valence-electron chi connectivity index (χ2n) is 7.82. The number of benzene rings is 3. The maximum absolute atomic E-state index is 13.2. The number of rotatable bonds is 5. The summed E-state index contributed by atoms with van der Waals surface area (Å²) in [6, 6.07) is 24.0. The van der Waals surface area contributed by atoms with Gasteiger partial charge in [0, 0.05) is 11.3 Å². The van der Waals surface area contributed by atoms with Crippen molar-refractivity contribution in [2.75, 3.05) is 11.9 Å². The molecule has 7 nitrogen and oxygen atoms in total. The highest BCUT2D eigenvalue weighted by Crippen LogP contribution is 2.34. The summed E-state index contributed by atoms with van der Waals surface area (Å²) in [5.74, 6) is -0.667. The van der Waals surface area contributed by atoms with Gasteiger partial charge in [-0.15, -0.1) is 0 Å². The molecule has 0 saturated carbocycles. The molecule has 0 radical (unpaired) electrons. The van der Waals surface area contributed by atoms with Gasteiger partial charge in [0.1, 0.15) is 16.9 Å². The van der Waals surface area contributed by atoms with Crippen molar-refractivity contribution >= 4 is 39.9 Å². The lowest BCUT2D eigenvalue weighted by molar-refractivity contribution is 0.0529. The minimum atomic E-state index is -0.577. The van der Waals surface area contributed by atoms with Crippen LogP contribution in [0.5, 0.6) is 0 Å². The number of anilines is 1. The van der Waals surface area contributed by atoms with Crippen LogP contribution in [0.2, 0.25) is 0 Å². The smallest absolute Gasteiger partial charge is 0.344 e. The average molecular weight is 450 g/mol. The van der Waals surface area contributed by atoms with Gasteiger partial charge in [-0.1, -0.05) is 48.0 Å². The third-order valence-corrected chi connectivity index (χ3v) is 5.50. The fraction of sp³-hybridized carbons (Fsp3) is 0.111. The van der Waals surface area contributed by atoms with Crippen LogP contribution in [-0.4, -0.2) is 33.0 Å². The van der Waals surface area contributed by atoms with Gasteiger partial charge in [-0.05, 0) is 50.2 Å². The minimum absolute atomic E-state index is 0.167. The number of carbonyl (C=O) groups is 2. The maximum Gasteiger partial charge on any atom is 0.344 e. The third-order valence-electron chi connectivity index (χ3n) is 5.50. The molecule has 3 aromatic carbocycles. The van der Waals surface area contributed by atoms with Crippen molar-refractivity contribution in [3.05, 3.63) is 95.6 Å². The van der Waals surface area contributed by atoms with E-state index < -0.39 is 5.97 Å². The highest BCUT2D eigenvalue weighted by molar-refractivity contribution is 6.14. The molecule has 0 fully saturated rings. The molecule has 0 bridgehead atoms. The fourth-order valence-corrected chi connectivity index (χ4v) is 3.87. The molecule has 5 rings (SSSR count). The monoisotopic (exact) mass is 450 g/mol. The summed E-state index contributed by atoms with van der Waals surface area (Å²) in [7, 11) is 0. The number of hydrogen-bond donors (Lipinski definition) is 1. The zero-order valence-corrected chi connectivity index (χ0v) is 18.8. The Bertz CT molecular complexity index is 1520. The molecular weight excluding hydrogens is 428 g/mol. The molecule has 0 unspecified atom stereocenters. The van der Waals surface area contributed by atoms with Gasteiger partial charge in [0.05, 0.1) is 17.6 Å². The van der Waals surface area contributed by atoms with Crippen LogP contribution >= 0.6 is 0 Å². The van der Waals surface area contributed by atoms with Gasteiger partial charge in [-0.2, -0.15) is 0 Å². The van der Waals surface area contributed by atoms with E-state index >= 15 is 0 Å². The number of nitrogens with zero attached hydrogens (tertiary/aromatic N) is 3. The van der Waals surface area contributed by atoms with Crippen LogP contribution in [0.1, 0.15) is 33.2 Å². The first-order valence-corrected chi connectivity index (χ1v) is 11.0. The minimum Gasteiger partial charge on any atom is -0.462 e. The predicted molar refractivity (Wildman–Crippen MR) is 131 cm³/mol. The van der Waals surface area contributed by atoms with Crippen molar-refractivity contribution in [1.82, 2.24) is 14.5 Å². The Morgan fingerprint density at radius 1 is 0.882 bits per heavy atom. The molecule has 0 saturated heterocycles. The molecule has 7 heteroatoms. The number of fused-ring (bicyclic) bond motifs is 2. The Morgan fingerprint density at radius 3 is 2.21 bits per heavy atom. The van der Waals surface area contributed by atoms with Crippen LogP contribution in [0.25, 0.3) is 27.9 Å². The number of ether oxygens (including phenoxy) is 1. The van der Waals surface area contributed by atoms with Crippen molar-refractivity contribution in [1.29, 1.82) is 0 Å². The van der Waals surface area contributed by atoms with Crippen molar-refractivity contribution < 1.29 is 14.3 Å². The normalized spacial score (nSPS) is 11.0. The second kappa shape index (κ2) is 8.78. The Kier molecular flexibility index (Phi) is 5.51. The van der Waals surface area contributed by atoms with E-state index in [1.165, 1.54) is 0 Å². The Labute approximate surface area is 196 Å². The van der Waals surface area contributed by atoms with E-state index in [1.54, 1.807) is 35.8 Å². The van der Waals surface area contributed by atoms with Crippen LogP contribution in [0.15, 0.2) is 78.9 Å². The van der Waals surface area contributed by atoms with Gasteiger partial charge >= 0.3 is 5.97 Å². The number of hydrogen-bond acceptors (Lipinski definition) is 5. The highest BCUT2D eigenvalue weighted by Gasteiger charge is 2.28. The summed E-state index contributed by atoms with van der Waals surface area (Å²) in [6.45, 7) is 3.91. The summed E-state index contributed by atoms with van der Waals surface area (Å²) >= 11 is 0. The summed E-state index contributed by atoms with van der Waals surface area (Å²) < 4.78 is 7.12. The van der Waals surface area contributed by atoms with Crippen LogP contribution in [0.3, 0.4) is 0 Å². The van der Waals surface area contributed by atoms with Gasteiger partial charge in [-0.3, -0.25) is 9.36 Å². The molecule has 5 aromatic rings. The molecule has 2 heterocycles. The highest BCUT2D eigenvalue weighted by atomic mass is 16.5. The van der Waals surface area contributed by atoms with Gasteiger partial charge in [-0.25, -0.2) is 14.8 Å². The molecule has 1 N–H and O–H groups in total. The molecule has 0 aliphatic carbocycles. The van der Waals surface area contributed by atoms with Crippen molar-refractivity contribution in [2.45, 2.75) is 13.8 Å². The van der Waals surface area contributed by atoms with Crippen molar-refractivity contribution in [3.8, 4) is 5.69 Å². The summed E-state index contributed by atoms with van der Waals surface area (Å²) in [5, 5.41) is 2.94. The van der Waals surface area contributed by atoms with Crippen molar-refractivity contribution in [2.24, 2.45) is 0 Å². The quantitative estimate of drug-likeness (QED) is 0.367. The lowest BCUT2D eigenvalue weighted by Crippen LogP contribution is -2.18. The number of aromatic nitrogens is 3. The number of amides is 1. The largest absolute Gasteiger partial charge is 0.462 e. The molecule has 0 spiro atoms. The first-order chi connectivity index (χ1) is 16.6. The summed E-state index contributed by atoms with van der Waals surface area (Å²) in [6.07, 6.45) is 0. The van der Waals surface area contributed by atoms with E-state index in [4.69, 9.17) is 14.7 Å². The number of carbonyl (C=O) groups excluding carboxylic acids is 2. The summed E-state index contributed by atoms with van der Waals surface area (Å²) in [4.78, 5) is 35.9. The first kappa shape index (κ1) is 21.3. The standard InChI is InChI=1S/C27H22N4O3/c1-3-34-27(33)22-23-25(29-21-12-8-7-11-20(21)28-23)31(19-15-13-17(2)14-16-19)24(22)30-26(32)18-9-5-4-6-10-18/h4-16H,3H2,1-2H3,(H,30,32). The van der Waals surface area contributed by atoms with E-state index in [2.05, 4.69) is 5.32 Å². The number of esters is 1. The Morgan fingerprint density at radius 2 is 1.53 bits per heavy atom. The topological polar surface area (TPSA) is 86.1 Å².